The van der Waals surface area contributed by atoms with Crippen LogP contribution in [-0.4, -0.2) is 48.2 Å². The molecule has 0 saturated carbocycles. The number of fused-ring (bicyclic) bond motifs is 18. The minimum atomic E-state index is 0.550. The predicted octanol–water partition coefficient (Wildman–Crippen LogP) is 27.6. The van der Waals surface area contributed by atoms with E-state index in [9.17, 15) is 0 Å². The molecule has 0 aliphatic carbocycles. The average Bonchev–Trinajstić information content (AvgIpc) is 1.56. The van der Waals surface area contributed by atoms with Gasteiger partial charge in [0.1, 0.15) is 22.3 Å². The number of para-hydroxylation sites is 7. The van der Waals surface area contributed by atoms with Crippen molar-refractivity contribution in [1.82, 2.24) is 48.2 Å². The number of hydrogen-bond donors (Lipinski definition) is 0. The highest BCUT2D eigenvalue weighted by Gasteiger charge is 2.26. The average molecular weight is 1540 g/mol. The van der Waals surface area contributed by atoms with E-state index in [4.69, 9.17) is 38.7 Å². The number of nitrogens with zero attached hydrogens (tertiary/aromatic N) is 10. The monoisotopic (exact) mass is 1530 g/mol. The number of benzene rings is 17. The zero-order valence-corrected chi connectivity index (χ0v) is 64.4. The molecule has 0 fully saturated rings. The van der Waals surface area contributed by atoms with E-state index < -0.39 is 0 Å². The molecule has 560 valence electrons. The molecule has 25 rings (SSSR count). The van der Waals surface area contributed by atoms with E-state index >= 15 is 0 Å². The zero-order valence-electron chi connectivity index (χ0n) is 64.4. The third kappa shape index (κ3) is 11.3. The van der Waals surface area contributed by atoms with Crippen LogP contribution in [0.3, 0.4) is 0 Å². The summed E-state index contributed by atoms with van der Waals surface area (Å²) < 4.78 is 21.8. The molecule has 0 saturated heterocycles. The van der Waals surface area contributed by atoms with Crippen LogP contribution in [0.25, 0.3) is 233 Å². The van der Waals surface area contributed by atoms with Crippen molar-refractivity contribution in [3.05, 3.63) is 400 Å². The maximum absolute atomic E-state index is 6.30. The van der Waals surface area contributed by atoms with Crippen molar-refractivity contribution in [2.75, 3.05) is 0 Å². The Bertz CT molecular complexity index is 8390. The van der Waals surface area contributed by atoms with E-state index in [1.165, 1.54) is 21.9 Å². The standard InChI is InChI=1S/C57H35N5O.C51H31N5O/c1-3-14-36(15-4-1)37-26-28-38(29-27-37)55-58-56(41-17-13-16-39(32-41)40-30-31-46-45-22-9-12-25-53(45)63-54(46)33-40)60-57(59-55)62-50-24-11-8-21-44(50)48-34-51-47(35-52(48)62)43-20-7-10-23-49(43)61(51)42-18-5-2-6-19-42;1-3-13-32(14-4-1)33-23-26-36(27-24-33)55-43-20-10-7-17-37(43)41-31-46-42(30-45(41)55)38-18-8-11-21-44(38)56(46)51-53-49(34-15-5-2-6-16-34)52-50(54-51)35-25-28-40-39-19-9-12-22-47(39)57-48(40)29-35/h1-35H;1-31H. The van der Waals surface area contributed by atoms with Crippen LogP contribution in [0.4, 0.5) is 0 Å². The van der Waals surface area contributed by atoms with Crippen molar-refractivity contribution in [2.24, 2.45) is 0 Å². The van der Waals surface area contributed by atoms with E-state index in [-0.39, 0.29) is 0 Å². The van der Waals surface area contributed by atoms with Crippen molar-refractivity contribution in [3.8, 4) is 102 Å². The first kappa shape index (κ1) is 68.0. The Kier molecular flexibility index (Phi) is 15.7. The zero-order chi connectivity index (χ0) is 78.9. The number of aromatic nitrogens is 10. The van der Waals surface area contributed by atoms with Gasteiger partial charge in [-0.05, 0) is 149 Å². The van der Waals surface area contributed by atoms with Crippen LogP contribution in [0.5, 0.6) is 0 Å². The summed E-state index contributed by atoms with van der Waals surface area (Å²) in [6, 6.07) is 140. The van der Waals surface area contributed by atoms with Crippen LogP contribution in [0.1, 0.15) is 0 Å². The van der Waals surface area contributed by atoms with Crippen molar-refractivity contribution in [3.63, 3.8) is 0 Å². The summed E-state index contributed by atoms with van der Waals surface area (Å²) in [5, 5.41) is 13.5. The Labute approximate surface area is 686 Å². The van der Waals surface area contributed by atoms with Gasteiger partial charge in [0.15, 0.2) is 23.3 Å². The molecule has 12 nitrogen and oxygen atoms in total. The lowest BCUT2D eigenvalue weighted by Gasteiger charge is -2.12. The van der Waals surface area contributed by atoms with E-state index in [1.807, 2.05) is 78.9 Å². The van der Waals surface area contributed by atoms with Crippen LogP contribution in [0.2, 0.25) is 0 Å². The molecule has 12 heteroatoms. The van der Waals surface area contributed by atoms with Crippen molar-refractivity contribution in [1.29, 1.82) is 0 Å². The lowest BCUT2D eigenvalue weighted by Crippen LogP contribution is -2.06. The Morgan fingerprint density at radius 1 is 0.150 bits per heavy atom. The van der Waals surface area contributed by atoms with E-state index in [0.717, 1.165) is 176 Å². The highest BCUT2D eigenvalue weighted by Crippen LogP contribution is 2.44. The summed E-state index contributed by atoms with van der Waals surface area (Å²) in [7, 11) is 0. The fourth-order valence-electron chi connectivity index (χ4n) is 17.9. The molecule has 17 aromatic carbocycles. The van der Waals surface area contributed by atoms with Crippen LogP contribution in [-0.2, 0) is 0 Å². The van der Waals surface area contributed by atoms with Crippen LogP contribution in [0.15, 0.2) is 409 Å². The lowest BCUT2D eigenvalue weighted by molar-refractivity contribution is 0.668. The van der Waals surface area contributed by atoms with Crippen LogP contribution < -0.4 is 0 Å². The van der Waals surface area contributed by atoms with E-state index in [2.05, 4.69) is 340 Å². The Morgan fingerprint density at radius 3 is 0.883 bits per heavy atom. The maximum atomic E-state index is 6.30. The molecule has 25 aromatic rings. The molecule has 0 radical (unpaired) electrons. The molecule has 0 N–H and O–H groups in total. The second kappa shape index (κ2) is 27.7. The van der Waals surface area contributed by atoms with Gasteiger partial charge in [-0.15, -0.1) is 0 Å². The fraction of sp³-hybridized carbons (Fsp3) is 0. The molecule has 0 bridgehead atoms. The van der Waals surface area contributed by atoms with Gasteiger partial charge in [-0.25, -0.2) is 9.97 Å². The van der Waals surface area contributed by atoms with Gasteiger partial charge in [-0.3, -0.25) is 9.13 Å². The maximum Gasteiger partial charge on any atom is 0.238 e. The minimum absolute atomic E-state index is 0.550. The Balaban J connectivity index is 0.000000137. The van der Waals surface area contributed by atoms with Gasteiger partial charge in [-0.1, -0.05) is 285 Å². The molecular formula is C108H66N10O2. The first-order valence-corrected chi connectivity index (χ1v) is 40.3. The molecule has 0 unspecified atom stereocenters. The molecule has 120 heavy (non-hydrogen) atoms. The quantitative estimate of drug-likeness (QED) is 0.125. The number of hydrogen-bond acceptors (Lipinski definition) is 8. The lowest BCUT2D eigenvalue weighted by atomic mass is 10.0. The summed E-state index contributed by atoms with van der Waals surface area (Å²) >= 11 is 0. The highest BCUT2D eigenvalue weighted by atomic mass is 16.3. The Morgan fingerprint density at radius 2 is 0.425 bits per heavy atom. The van der Waals surface area contributed by atoms with Crippen molar-refractivity contribution >= 4 is 131 Å². The van der Waals surface area contributed by atoms with Gasteiger partial charge < -0.3 is 18.0 Å². The SMILES string of the molecule is c1ccc(-c2ccc(-c3nc(-c4cccc(-c5ccc6c(c5)oc5ccccc56)c4)nc(-n4c5ccccc5c5cc6c(cc54)c4ccccc4n6-c4ccccc4)n3)cc2)cc1.c1ccc(-c2ccc(-n3c4ccccc4c4cc5c(cc43)c3ccccc3n5-c3nc(-c4ccccc4)nc(-c4ccc5c(c4)oc4ccccc45)n3)cc2)cc1. The molecule has 0 spiro atoms. The minimum Gasteiger partial charge on any atom is -0.456 e. The first-order chi connectivity index (χ1) is 59.5. The summed E-state index contributed by atoms with van der Waals surface area (Å²) in [5.41, 5.74) is 24.6. The van der Waals surface area contributed by atoms with Crippen LogP contribution in [0, 0.1) is 0 Å². The van der Waals surface area contributed by atoms with Gasteiger partial charge in [0.05, 0.1) is 44.1 Å². The van der Waals surface area contributed by atoms with Gasteiger partial charge in [0.25, 0.3) is 0 Å². The smallest absolute Gasteiger partial charge is 0.238 e. The third-order valence-electron chi connectivity index (χ3n) is 23.6. The van der Waals surface area contributed by atoms with Crippen molar-refractivity contribution in [2.45, 2.75) is 0 Å². The highest BCUT2D eigenvalue weighted by molar-refractivity contribution is 6.21. The molecule has 0 atom stereocenters. The van der Waals surface area contributed by atoms with Gasteiger partial charge >= 0.3 is 0 Å². The molecular weight excluding hydrogens is 1470 g/mol. The molecule has 0 aliphatic rings. The second-order valence-corrected chi connectivity index (χ2v) is 30.5. The van der Waals surface area contributed by atoms with Crippen LogP contribution >= 0.6 is 0 Å². The molecule has 0 aliphatic heterocycles. The van der Waals surface area contributed by atoms with E-state index in [1.54, 1.807) is 0 Å². The summed E-state index contributed by atoms with van der Waals surface area (Å²) in [4.78, 5) is 31.5. The molecule has 0 amide bonds. The predicted molar refractivity (Wildman–Crippen MR) is 490 cm³/mol. The van der Waals surface area contributed by atoms with Crippen molar-refractivity contribution < 1.29 is 8.83 Å². The number of furan rings is 2. The fourth-order valence-corrected chi connectivity index (χ4v) is 17.9. The largest absolute Gasteiger partial charge is 0.456 e. The second-order valence-electron chi connectivity index (χ2n) is 30.5. The molecule has 8 aromatic heterocycles. The number of rotatable bonds is 11. The van der Waals surface area contributed by atoms with E-state index in [0.29, 0.717) is 35.2 Å². The van der Waals surface area contributed by atoms with Gasteiger partial charge in [0.2, 0.25) is 11.9 Å². The normalized spacial score (nSPS) is 11.8. The van der Waals surface area contributed by atoms with Gasteiger partial charge in [0, 0.05) is 98.3 Å². The summed E-state index contributed by atoms with van der Waals surface area (Å²) in [5.74, 6) is 3.45. The Hall–Kier alpha value is -16.4. The van der Waals surface area contributed by atoms with Gasteiger partial charge in [-0.2, -0.15) is 19.9 Å². The summed E-state index contributed by atoms with van der Waals surface area (Å²) in [6.07, 6.45) is 0. The topological polar surface area (TPSA) is 123 Å². The summed E-state index contributed by atoms with van der Waals surface area (Å²) in [6.45, 7) is 0. The third-order valence-corrected chi connectivity index (χ3v) is 23.6. The molecule has 8 heterocycles. The first-order valence-electron chi connectivity index (χ1n) is 40.3.